The Kier molecular flexibility index (Phi) is 86.9. The molecule has 0 bridgehead atoms. The first-order valence-electron chi connectivity index (χ1n) is 47.5. The Labute approximate surface area is 617 Å². The van der Waals surface area contributed by atoms with Crippen LogP contribution in [0.1, 0.15) is 584 Å². The summed E-state index contributed by atoms with van der Waals surface area (Å²) in [4.78, 5) is 0. The SMILES string of the molecule is CCCCCCCCCCCCCCCCCCCCCCCCCCCCCCCCCCCCCCCCCCCCCCCCCCCCCCCCCCCCCCCCCCCCCCCCCCCCCCCCCCCCCCCCCCCc1ccccc1. The molecule has 0 aliphatic heterocycles. The van der Waals surface area contributed by atoms with Gasteiger partial charge in [0.2, 0.25) is 0 Å². The molecule has 0 heterocycles. The lowest BCUT2D eigenvalue weighted by molar-refractivity contribution is 0.505. The number of benzene rings is 1. The van der Waals surface area contributed by atoms with Crippen LogP contribution in [0.3, 0.4) is 0 Å². The minimum atomic E-state index is 1.26. The van der Waals surface area contributed by atoms with Crippen LogP contribution in [-0.2, 0) is 6.42 Å². The lowest BCUT2D eigenvalue weighted by Crippen LogP contribution is -1.86. The quantitative estimate of drug-likeness (QED) is 0.0570. The zero-order chi connectivity index (χ0) is 68.8. The molecule has 0 aromatic heterocycles. The molecular weight excluding hydrogens is 1170 g/mol. The molecule has 0 nitrogen and oxygen atoms in total. The van der Waals surface area contributed by atoms with Gasteiger partial charge in [0.15, 0.2) is 0 Å². The van der Waals surface area contributed by atoms with Gasteiger partial charge in [-0.05, 0) is 18.4 Å². The van der Waals surface area contributed by atoms with Gasteiger partial charge in [-0.1, -0.05) is 602 Å². The lowest BCUT2D eigenvalue weighted by atomic mass is 10.0. The van der Waals surface area contributed by atoms with Gasteiger partial charge in [-0.15, -0.1) is 0 Å². The molecule has 0 aliphatic rings. The summed E-state index contributed by atoms with van der Waals surface area (Å²) >= 11 is 0. The zero-order valence-electron chi connectivity index (χ0n) is 68.0. The van der Waals surface area contributed by atoms with Gasteiger partial charge in [0, 0.05) is 0 Å². The van der Waals surface area contributed by atoms with Crippen LogP contribution in [0.5, 0.6) is 0 Å². The number of hydrogen-bond donors (Lipinski definition) is 0. The Morgan fingerprint density at radius 1 is 0.113 bits per heavy atom. The largest absolute Gasteiger partial charge is 0.0654 e. The second-order valence-corrected chi connectivity index (χ2v) is 33.3. The molecule has 97 heavy (non-hydrogen) atoms. The second kappa shape index (κ2) is 89.4. The van der Waals surface area contributed by atoms with Gasteiger partial charge >= 0.3 is 0 Å². The van der Waals surface area contributed by atoms with Gasteiger partial charge in [0.25, 0.3) is 0 Å². The van der Waals surface area contributed by atoms with Crippen molar-refractivity contribution in [2.75, 3.05) is 0 Å². The molecule has 0 N–H and O–H groups in total. The minimum Gasteiger partial charge on any atom is -0.0654 e. The summed E-state index contributed by atoms with van der Waals surface area (Å²) < 4.78 is 0. The smallest absolute Gasteiger partial charge is 0.0279 e. The highest BCUT2D eigenvalue weighted by Gasteiger charge is 2.04. The Hall–Kier alpha value is -0.780. The highest BCUT2D eigenvalue weighted by Crippen LogP contribution is 2.23. The monoisotopic (exact) mass is 1350 g/mol. The number of hydrogen-bond acceptors (Lipinski definition) is 0. The molecule has 0 atom stereocenters. The van der Waals surface area contributed by atoms with Crippen molar-refractivity contribution in [2.24, 2.45) is 0 Å². The maximum absolute atomic E-state index is 2.32. The van der Waals surface area contributed by atoms with Crippen LogP contribution in [0.4, 0.5) is 0 Å². The Morgan fingerprint density at radius 3 is 0.309 bits per heavy atom. The Balaban J connectivity index is 1.58. The van der Waals surface area contributed by atoms with E-state index in [1.165, 1.54) is 583 Å². The van der Waals surface area contributed by atoms with Crippen molar-refractivity contribution in [3.8, 4) is 0 Å². The van der Waals surface area contributed by atoms with Crippen molar-refractivity contribution in [1.29, 1.82) is 0 Å². The molecule has 0 spiro atoms. The molecule has 0 unspecified atom stereocenters. The number of aryl methyl sites for hydroxylation is 1. The van der Waals surface area contributed by atoms with Gasteiger partial charge in [-0.25, -0.2) is 0 Å². The van der Waals surface area contributed by atoms with E-state index in [1.807, 2.05) is 0 Å². The third-order valence-corrected chi connectivity index (χ3v) is 23.4. The van der Waals surface area contributed by atoms with E-state index in [0.717, 1.165) is 0 Å². The van der Waals surface area contributed by atoms with Crippen LogP contribution in [-0.4, -0.2) is 0 Å². The summed E-state index contributed by atoms with van der Waals surface area (Å²) in [5, 5.41) is 0. The van der Waals surface area contributed by atoms with E-state index in [-0.39, 0.29) is 0 Å². The molecule has 0 aliphatic carbocycles. The van der Waals surface area contributed by atoms with Crippen LogP contribution in [0.25, 0.3) is 0 Å². The van der Waals surface area contributed by atoms with E-state index in [2.05, 4.69) is 37.3 Å². The summed E-state index contributed by atoms with van der Waals surface area (Å²) in [5.74, 6) is 0. The molecule has 0 heteroatoms. The van der Waals surface area contributed by atoms with Crippen LogP contribution < -0.4 is 0 Å². The maximum Gasteiger partial charge on any atom is -0.0279 e. The van der Waals surface area contributed by atoms with Gasteiger partial charge in [0.05, 0.1) is 0 Å². The van der Waals surface area contributed by atoms with E-state index in [9.17, 15) is 0 Å². The molecule has 0 fully saturated rings. The second-order valence-electron chi connectivity index (χ2n) is 33.3. The molecule has 576 valence electrons. The summed E-state index contributed by atoms with van der Waals surface area (Å²) in [6.07, 6.45) is 134. The van der Waals surface area contributed by atoms with Gasteiger partial charge in [-0.3, -0.25) is 0 Å². The van der Waals surface area contributed by atoms with E-state index in [4.69, 9.17) is 0 Å². The number of rotatable bonds is 90. The van der Waals surface area contributed by atoms with E-state index in [1.54, 1.807) is 0 Å². The standard InChI is InChI=1S/C97H188/c1-2-3-4-5-6-7-8-9-10-11-12-13-14-15-16-17-18-19-20-21-22-23-24-25-26-27-28-29-30-31-32-33-34-35-36-37-38-39-40-41-42-43-44-45-46-47-48-49-50-51-52-53-54-55-56-57-58-59-60-61-62-63-64-65-66-67-68-69-70-71-72-73-74-75-76-77-78-79-80-81-82-83-84-85-86-87-88-89-91-94-97-95-92-90-93-96-97/h90,92-93,95-96H,2-89,91,94H2,1H3. The Bertz CT molecular complexity index is 1440. The van der Waals surface area contributed by atoms with Gasteiger partial charge in [-0.2, -0.15) is 0 Å². The molecule has 0 saturated carbocycles. The van der Waals surface area contributed by atoms with E-state index >= 15 is 0 Å². The summed E-state index contributed by atoms with van der Waals surface area (Å²) in [6.45, 7) is 2.32. The van der Waals surface area contributed by atoms with Crippen molar-refractivity contribution in [3.05, 3.63) is 35.9 Å². The van der Waals surface area contributed by atoms with Crippen molar-refractivity contribution >= 4 is 0 Å². The average molecular weight is 1350 g/mol. The molecule has 0 radical (unpaired) electrons. The molecule has 0 amide bonds. The predicted octanol–water partition coefficient (Wildman–Crippen LogP) is 37.0. The molecule has 1 rings (SSSR count). The molecule has 0 saturated heterocycles. The van der Waals surface area contributed by atoms with E-state index in [0.29, 0.717) is 0 Å². The Morgan fingerprint density at radius 2 is 0.206 bits per heavy atom. The molecule has 1 aromatic rings. The van der Waals surface area contributed by atoms with Crippen molar-refractivity contribution in [2.45, 2.75) is 585 Å². The third-order valence-electron chi connectivity index (χ3n) is 23.4. The predicted molar refractivity (Wildman–Crippen MR) is 447 cm³/mol. The van der Waals surface area contributed by atoms with Gasteiger partial charge < -0.3 is 0 Å². The topological polar surface area (TPSA) is 0 Å². The zero-order valence-corrected chi connectivity index (χ0v) is 68.0. The van der Waals surface area contributed by atoms with Crippen molar-refractivity contribution in [1.82, 2.24) is 0 Å². The van der Waals surface area contributed by atoms with Crippen LogP contribution in [0.2, 0.25) is 0 Å². The van der Waals surface area contributed by atoms with E-state index < -0.39 is 0 Å². The summed E-state index contributed by atoms with van der Waals surface area (Å²) in [5.41, 5.74) is 1.51. The normalized spacial score (nSPS) is 11.8. The van der Waals surface area contributed by atoms with Gasteiger partial charge in [0.1, 0.15) is 0 Å². The third kappa shape index (κ3) is 85.8. The minimum absolute atomic E-state index is 1.26. The highest BCUT2D eigenvalue weighted by molar-refractivity contribution is 5.14. The average Bonchev–Trinajstić information content (AvgIpc) is 3.83. The molecular formula is C97H188. The van der Waals surface area contributed by atoms with Crippen molar-refractivity contribution in [3.63, 3.8) is 0 Å². The highest BCUT2D eigenvalue weighted by atomic mass is 14.1. The summed E-state index contributed by atoms with van der Waals surface area (Å²) in [6, 6.07) is 11.0. The van der Waals surface area contributed by atoms with Crippen LogP contribution >= 0.6 is 0 Å². The van der Waals surface area contributed by atoms with Crippen LogP contribution in [0.15, 0.2) is 30.3 Å². The molecule has 1 aromatic carbocycles. The fourth-order valence-electron chi connectivity index (χ4n) is 16.4. The summed E-state index contributed by atoms with van der Waals surface area (Å²) in [7, 11) is 0. The lowest BCUT2D eigenvalue weighted by Gasteiger charge is -2.05. The number of unbranched alkanes of at least 4 members (excludes halogenated alkanes) is 88. The first kappa shape index (κ1) is 94.2. The fourth-order valence-corrected chi connectivity index (χ4v) is 16.4. The first-order chi connectivity index (χ1) is 48.4. The fraction of sp³-hybridized carbons (Fsp3) is 0.938. The maximum atomic E-state index is 2.32. The first-order valence-corrected chi connectivity index (χ1v) is 47.5. The van der Waals surface area contributed by atoms with Crippen LogP contribution in [0, 0.1) is 0 Å². The van der Waals surface area contributed by atoms with Crippen molar-refractivity contribution < 1.29 is 0 Å².